The molecule has 3 rings (SSSR count). The summed E-state index contributed by atoms with van der Waals surface area (Å²) < 4.78 is 0. The van der Waals surface area contributed by atoms with E-state index in [4.69, 9.17) is 5.11 Å². The van der Waals surface area contributed by atoms with Gasteiger partial charge in [-0.25, -0.2) is 0 Å². The molecule has 6 nitrogen and oxygen atoms in total. The molecule has 1 aromatic carbocycles. The average Bonchev–Trinajstić information content (AvgIpc) is 2.69. The van der Waals surface area contributed by atoms with Gasteiger partial charge in [-0.05, 0) is 17.9 Å². The third-order valence-electron chi connectivity index (χ3n) is 5.60. The van der Waals surface area contributed by atoms with E-state index >= 15 is 0 Å². The summed E-state index contributed by atoms with van der Waals surface area (Å²) in [6.07, 6.45) is 2.07. The van der Waals surface area contributed by atoms with Crippen molar-refractivity contribution in [3.8, 4) is 0 Å². The van der Waals surface area contributed by atoms with Crippen LogP contribution in [0.15, 0.2) is 42.1 Å². The molecule has 1 aromatic rings. The molecule has 0 amide bonds. The van der Waals surface area contributed by atoms with Gasteiger partial charge in [0.1, 0.15) is 0 Å². The quantitative estimate of drug-likeness (QED) is 0.479. The molecule has 3 N–H and O–H groups in total. The summed E-state index contributed by atoms with van der Waals surface area (Å²) in [6.45, 7) is 6.61. The first-order chi connectivity index (χ1) is 13.2. The van der Waals surface area contributed by atoms with E-state index in [9.17, 15) is 9.90 Å². The van der Waals surface area contributed by atoms with Crippen LogP contribution in [0.4, 0.5) is 0 Å². The highest BCUT2D eigenvalue weighted by molar-refractivity contribution is 5.97. The SMILES string of the molecule is O=C1CC(c2ccccc2)CC(O)/C1=C\NCCN1CCN(CCO)CC1. The summed E-state index contributed by atoms with van der Waals surface area (Å²) in [6, 6.07) is 9.97. The minimum Gasteiger partial charge on any atom is -0.395 e. The number of carbonyl (C=O) groups excluding carboxylic acids is 1. The van der Waals surface area contributed by atoms with Crippen molar-refractivity contribution in [1.29, 1.82) is 0 Å². The largest absolute Gasteiger partial charge is 0.395 e. The molecule has 0 bridgehead atoms. The second-order valence-corrected chi connectivity index (χ2v) is 7.45. The van der Waals surface area contributed by atoms with Crippen molar-refractivity contribution >= 4 is 5.78 Å². The Morgan fingerprint density at radius 3 is 2.37 bits per heavy atom. The van der Waals surface area contributed by atoms with Crippen LogP contribution >= 0.6 is 0 Å². The fraction of sp³-hybridized carbons (Fsp3) is 0.571. The van der Waals surface area contributed by atoms with Gasteiger partial charge in [-0.1, -0.05) is 30.3 Å². The Morgan fingerprint density at radius 1 is 1.07 bits per heavy atom. The van der Waals surface area contributed by atoms with Crippen molar-refractivity contribution in [2.75, 3.05) is 52.4 Å². The zero-order valence-electron chi connectivity index (χ0n) is 15.9. The first kappa shape index (κ1) is 20.0. The molecule has 6 heteroatoms. The number of benzene rings is 1. The highest BCUT2D eigenvalue weighted by Gasteiger charge is 2.31. The number of carbonyl (C=O) groups is 1. The molecule has 1 heterocycles. The Hall–Kier alpha value is -1.73. The van der Waals surface area contributed by atoms with Gasteiger partial charge in [0, 0.05) is 64.0 Å². The fourth-order valence-corrected chi connectivity index (χ4v) is 3.95. The Labute approximate surface area is 161 Å². The smallest absolute Gasteiger partial charge is 0.163 e. The van der Waals surface area contributed by atoms with Gasteiger partial charge in [-0.3, -0.25) is 14.6 Å². The van der Waals surface area contributed by atoms with Crippen LogP contribution in [0.1, 0.15) is 24.3 Å². The summed E-state index contributed by atoms with van der Waals surface area (Å²) >= 11 is 0. The van der Waals surface area contributed by atoms with E-state index in [2.05, 4.69) is 15.1 Å². The van der Waals surface area contributed by atoms with Crippen molar-refractivity contribution in [2.45, 2.75) is 24.9 Å². The Kier molecular flexibility index (Phi) is 7.41. The summed E-state index contributed by atoms with van der Waals surface area (Å²) in [7, 11) is 0. The molecule has 1 saturated heterocycles. The highest BCUT2D eigenvalue weighted by atomic mass is 16.3. The summed E-state index contributed by atoms with van der Waals surface area (Å²) in [5, 5.41) is 22.6. The maximum atomic E-state index is 12.5. The molecule has 2 fully saturated rings. The third-order valence-corrected chi connectivity index (χ3v) is 5.60. The molecule has 2 aliphatic rings. The highest BCUT2D eigenvalue weighted by Crippen LogP contribution is 2.33. The minimum atomic E-state index is -0.703. The standard InChI is InChI=1S/C21H31N3O3/c25-13-12-24-10-8-23(9-11-24)7-6-22-16-19-20(26)14-18(15-21(19)27)17-4-2-1-3-5-17/h1-5,16,18,20,22,25-26H,6-15H2/b19-16+. The number of aliphatic hydroxyl groups excluding tert-OH is 2. The molecule has 0 aromatic heterocycles. The van der Waals surface area contributed by atoms with E-state index in [1.54, 1.807) is 6.20 Å². The number of hydrogen-bond donors (Lipinski definition) is 3. The van der Waals surface area contributed by atoms with Crippen molar-refractivity contribution < 1.29 is 15.0 Å². The zero-order valence-corrected chi connectivity index (χ0v) is 15.9. The predicted octanol–water partition coefficient (Wildman–Crippen LogP) is 0.577. The molecule has 2 unspecified atom stereocenters. The fourth-order valence-electron chi connectivity index (χ4n) is 3.95. The third kappa shape index (κ3) is 5.62. The van der Waals surface area contributed by atoms with Gasteiger partial charge >= 0.3 is 0 Å². The van der Waals surface area contributed by atoms with Gasteiger partial charge in [-0.2, -0.15) is 0 Å². The first-order valence-corrected chi connectivity index (χ1v) is 9.92. The summed E-state index contributed by atoms with van der Waals surface area (Å²) in [5.74, 6) is 0.133. The number of ketones is 1. The number of piperazine rings is 1. The van der Waals surface area contributed by atoms with Crippen LogP contribution in [0.3, 0.4) is 0 Å². The molecule has 27 heavy (non-hydrogen) atoms. The van der Waals surface area contributed by atoms with Crippen molar-refractivity contribution in [1.82, 2.24) is 15.1 Å². The number of aliphatic hydroxyl groups is 2. The Balaban J connectivity index is 1.42. The van der Waals surface area contributed by atoms with Crippen LogP contribution in [-0.2, 0) is 4.79 Å². The summed E-state index contributed by atoms with van der Waals surface area (Å²) in [4.78, 5) is 17.1. The Morgan fingerprint density at radius 2 is 1.74 bits per heavy atom. The lowest BCUT2D eigenvalue weighted by molar-refractivity contribution is -0.118. The maximum Gasteiger partial charge on any atom is 0.163 e. The van der Waals surface area contributed by atoms with E-state index < -0.39 is 6.10 Å². The van der Waals surface area contributed by atoms with Gasteiger partial charge in [-0.15, -0.1) is 0 Å². The molecule has 148 valence electrons. The van der Waals surface area contributed by atoms with E-state index in [1.165, 1.54) is 0 Å². The molecular formula is C21H31N3O3. The molecule has 0 spiro atoms. The second kappa shape index (κ2) is 9.99. The lowest BCUT2D eigenvalue weighted by Gasteiger charge is -2.34. The number of β-amino-alcohol motifs (C(OH)–C–C–N with tert-alkyl or cyclic N) is 1. The molecule has 1 aliphatic heterocycles. The van der Waals surface area contributed by atoms with E-state index in [1.807, 2.05) is 30.3 Å². The molecular weight excluding hydrogens is 342 g/mol. The van der Waals surface area contributed by atoms with Crippen LogP contribution in [0.25, 0.3) is 0 Å². The topological polar surface area (TPSA) is 76.0 Å². The van der Waals surface area contributed by atoms with Crippen LogP contribution < -0.4 is 5.32 Å². The normalized spacial score (nSPS) is 26.4. The predicted molar refractivity (Wildman–Crippen MR) is 105 cm³/mol. The lowest BCUT2D eigenvalue weighted by atomic mass is 9.79. The second-order valence-electron chi connectivity index (χ2n) is 7.45. The van der Waals surface area contributed by atoms with Crippen molar-refractivity contribution in [3.05, 3.63) is 47.7 Å². The number of nitrogens with zero attached hydrogens (tertiary/aromatic N) is 2. The molecule has 0 radical (unpaired) electrons. The van der Waals surface area contributed by atoms with Gasteiger partial charge < -0.3 is 15.5 Å². The lowest BCUT2D eigenvalue weighted by Crippen LogP contribution is -2.48. The number of Topliss-reactive ketones (excluding diaryl/α,β-unsaturated/α-hetero) is 1. The van der Waals surface area contributed by atoms with Crippen LogP contribution in [0.5, 0.6) is 0 Å². The molecule has 2 atom stereocenters. The number of rotatable bonds is 7. The molecule has 1 saturated carbocycles. The maximum absolute atomic E-state index is 12.5. The van der Waals surface area contributed by atoms with Gasteiger partial charge in [0.15, 0.2) is 5.78 Å². The monoisotopic (exact) mass is 373 g/mol. The molecule has 1 aliphatic carbocycles. The minimum absolute atomic E-state index is 0.0349. The van der Waals surface area contributed by atoms with E-state index in [0.717, 1.165) is 51.4 Å². The van der Waals surface area contributed by atoms with Crippen molar-refractivity contribution in [3.63, 3.8) is 0 Å². The van der Waals surface area contributed by atoms with Gasteiger partial charge in [0.2, 0.25) is 0 Å². The first-order valence-electron chi connectivity index (χ1n) is 9.92. The van der Waals surface area contributed by atoms with Crippen molar-refractivity contribution in [2.24, 2.45) is 0 Å². The van der Waals surface area contributed by atoms with Crippen LogP contribution in [0, 0.1) is 0 Å². The summed E-state index contributed by atoms with van der Waals surface area (Å²) in [5.41, 5.74) is 1.63. The number of hydrogen-bond acceptors (Lipinski definition) is 6. The van der Waals surface area contributed by atoms with Crippen LogP contribution in [-0.4, -0.2) is 84.3 Å². The average molecular weight is 373 g/mol. The number of nitrogens with one attached hydrogen (secondary N) is 1. The van der Waals surface area contributed by atoms with Crippen LogP contribution in [0.2, 0.25) is 0 Å². The zero-order chi connectivity index (χ0) is 19.1. The Bertz CT molecular complexity index is 627. The van der Waals surface area contributed by atoms with Gasteiger partial charge in [0.25, 0.3) is 0 Å². The van der Waals surface area contributed by atoms with E-state index in [0.29, 0.717) is 18.4 Å². The van der Waals surface area contributed by atoms with Gasteiger partial charge in [0.05, 0.1) is 12.7 Å². The van der Waals surface area contributed by atoms with E-state index in [-0.39, 0.29) is 18.3 Å².